The van der Waals surface area contributed by atoms with Crippen LogP contribution in [0.1, 0.15) is 23.9 Å². The van der Waals surface area contributed by atoms with Crippen LogP contribution in [0.25, 0.3) is 11.5 Å². The molecular weight excluding hydrogens is 354 g/mol. The molecule has 0 aliphatic heterocycles. The van der Waals surface area contributed by atoms with E-state index < -0.39 is 5.91 Å². The maximum absolute atomic E-state index is 12.0. The van der Waals surface area contributed by atoms with E-state index in [0.29, 0.717) is 28.6 Å². The van der Waals surface area contributed by atoms with Gasteiger partial charge in [-0.1, -0.05) is 36.3 Å². The van der Waals surface area contributed by atoms with Gasteiger partial charge in [-0.25, -0.2) is 4.98 Å². The Balaban J connectivity index is 1.71. The van der Waals surface area contributed by atoms with Gasteiger partial charge in [0, 0.05) is 18.4 Å². The first-order valence-electron chi connectivity index (χ1n) is 8.71. The van der Waals surface area contributed by atoms with Crippen LogP contribution < -0.4 is 10.6 Å². The number of aryl methyl sites for hydroxylation is 1. The van der Waals surface area contributed by atoms with E-state index in [0.717, 1.165) is 5.56 Å². The summed E-state index contributed by atoms with van der Waals surface area (Å²) in [6.45, 7) is 3.41. The number of nitrogens with one attached hydrogen (secondary N) is 2. The summed E-state index contributed by atoms with van der Waals surface area (Å²) in [5, 5.41) is 5.47. The fraction of sp³-hybridized carbons (Fsp3) is 0.136. The van der Waals surface area contributed by atoms with Crippen molar-refractivity contribution in [2.45, 2.75) is 20.4 Å². The van der Waals surface area contributed by atoms with Crippen LogP contribution >= 0.6 is 0 Å². The molecular formula is C22H19N3O3. The summed E-state index contributed by atoms with van der Waals surface area (Å²) in [4.78, 5) is 27.8. The number of para-hydroxylation sites is 1. The highest BCUT2D eigenvalue weighted by Crippen LogP contribution is 2.28. The summed E-state index contributed by atoms with van der Waals surface area (Å²) in [5.74, 6) is 5.74. The molecule has 6 nitrogen and oxygen atoms in total. The zero-order valence-electron chi connectivity index (χ0n) is 15.6. The van der Waals surface area contributed by atoms with Gasteiger partial charge < -0.3 is 15.1 Å². The maximum Gasteiger partial charge on any atom is 0.296 e. The molecule has 0 bridgehead atoms. The summed E-state index contributed by atoms with van der Waals surface area (Å²) >= 11 is 0. The van der Waals surface area contributed by atoms with Crippen LogP contribution in [0.2, 0.25) is 0 Å². The lowest BCUT2D eigenvalue weighted by atomic mass is 10.1. The van der Waals surface area contributed by atoms with Crippen molar-refractivity contribution < 1.29 is 14.0 Å². The second kappa shape index (κ2) is 8.69. The van der Waals surface area contributed by atoms with Crippen LogP contribution in [0, 0.1) is 18.8 Å². The van der Waals surface area contributed by atoms with Gasteiger partial charge >= 0.3 is 0 Å². The first-order chi connectivity index (χ1) is 13.5. The van der Waals surface area contributed by atoms with E-state index in [2.05, 4.69) is 27.5 Å². The first kappa shape index (κ1) is 18.9. The Bertz CT molecular complexity index is 1060. The van der Waals surface area contributed by atoms with E-state index in [-0.39, 0.29) is 12.5 Å². The molecule has 2 N–H and O–H groups in total. The minimum atomic E-state index is -0.397. The summed E-state index contributed by atoms with van der Waals surface area (Å²) < 4.78 is 5.73. The van der Waals surface area contributed by atoms with Gasteiger partial charge in [0.15, 0.2) is 0 Å². The van der Waals surface area contributed by atoms with Gasteiger partial charge in [-0.15, -0.1) is 0 Å². The van der Waals surface area contributed by atoms with Gasteiger partial charge in [-0.3, -0.25) is 9.59 Å². The highest BCUT2D eigenvalue weighted by Gasteiger charge is 2.15. The van der Waals surface area contributed by atoms with Gasteiger partial charge in [-0.05, 0) is 31.2 Å². The van der Waals surface area contributed by atoms with Crippen molar-refractivity contribution in [3.8, 4) is 23.3 Å². The second-order valence-corrected chi connectivity index (χ2v) is 6.05. The van der Waals surface area contributed by atoms with Crippen LogP contribution in [0.3, 0.4) is 0 Å². The molecule has 28 heavy (non-hydrogen) atoms. The molecule has 0 aliphatic carbocycles. The number of carbonyl (C=O) groups excluding carboxylic acids is 2. The number of benzene rings is 2. The molecule has 140 valence electrons. The minimum Gasteiger partial charge on any atom is -0.441 e. The third-order valence-electron chi connectivity index (χ3n) is 3.87. The third-order valence-corrected chi connectivity index (χ3v) is 3.87. The van der Waals surface area contributed by atoms with E-state index in [1.54, 1.807) is 13.0 Å². The molecule has 0 radical (unpaired) electrons. The van der Waals surface area contributed by atoms with Crippen molar-refractivity contribution in [3.05, 3.63) is 71.6 Å². The molecule has 3 rings (SSSR count). The lowest BCUT2D eigenvalue weighted by molar-refractivity contribution is -0.116. The predicted octanol–water partition coefficient (Wildman–Crippen LogP) is 3.28. The molecule has 0 aliphatic rings. The number of carbonyl (C=O) groups is 2. The summed E-state index contributed by atoms with van der Waals surface area (Å²) in [5.41, 5.74) is 2.65. The average Bonchev–Trinajstić information content (AvgIpc) is 3.06. The Morgan fingerprint density at radius 3 is 2.54 bits per heavy atom. The largest absolute Gasteiger partial charge is 0.441 e. The minimum absolute atomic E-state index is 0.180. The normalized spacial score (nSPS) is 9.93. The standard InChI is InChI=1S/C22H19N3O3/c1-15-20(14-23-21(27)13-12-17-8-4-3-5-9-17)25-22(28-15)18-10-6-7-11-19(18)24-16(2)26/h3-11H,14H2,1-2H3,(H,23,27)(H,24,26). The third kappa shape index (κ3) is 4.86. The van der Waals surface area contributed by atoms with Gasteiger partial charge in [0.05, 0.1) is 17.8 Å². The number of amides is 2. The zero-order chi connectivity index (χ0) is 19.9. The smallest absolute Gasteiger partial charge is 0.296 e. The monoisotopic (exact) mass is 373 g/mol. The van der Waals surface area contributed by atoms with Crippen molar-refractivity contribution in [1.82, 2.24) is 10.3 Å². The maximum atomic E-state index is 12.0. The van der Waals surface area contributed by atoms with Gasteiger partial charge in [0.2, 0.25) is 11.8 Å². The van der Waals surface area contributed by atoms with E-state index >= 15 is 0 Å². The molecule has 0 spiro atoms. The molecule has 0 unspecified atom stereocenters. The summed E-state index contributed by atoms with van der Waals surface area (Å²) in [6.07, 6.45) is 0. The number of aromatic nitrogens is 1. The number of hydrogen-bond acceptors (Lipinski definition) is 4. The Labute approximate surface area is 163 Å². The van der Waals surface area contributed by atoms with Crippen molar-refractivity contribution in [1.29, 1.82) is 0 Å². The molecule has 0 atom stereocenters. The van der Waals surface area contributed by atoms with E-state index in [9.17, 15) is 9.59 Å². The molecule has 2 aromatic carbocycles. The van der Waals surface area contributed by atoms with E-state index in [4.69, 9.17) is 4.42 Å². The molecule has 0 saturated heterocycles. The Hall–Kier alpha value is -3.85. The molecule has 6 heteroatoms. The lowest BCUT2D eigenvalue weighted by Gasteiger charge is -2.06. The van der Waals surface area contributed by atoms with E-state index in [1.165, 1.54) is 6.92 Å². The Morgan fingerprint density at radius 1 is 1.07 bits per heavy atom. The highest BCUT2D eigenvalue weighted by atomic mass is 16.4. The van der Waals surface area contributed by atoms with Crippen molar-refractivity contribution in [3.63, 3.8) is 0 Å². The van der Waals surface area contributed by atoms with Crippen LogP contribution in [-0.2, 0) is 16.1 Å². The fourth-order valence-corrected chi connectivity index (χ4v) is 2.53. The summed E-state index contributed by atoms with van der Waals surface area (Å²) in [6, 6.07) is 16.5. The second-order valence-electron chi connectivity index (χ2n) is 6.05. The highest BCUT2D eigenvalue weighted by molar-refractivity contribution is 5.94. The number of anilines is 1. The molecule has 1 heterocycles. The van der Waals surface area contributed by atoms with Crippen molar-refractivity contribution in [2.75, 3.05) is 5.32 Å². The molecule has 2 amide bonds. The molecule has 1 aromatic heterocycles. The zero-order valence-corrected chi connectivity index (χ0v) is 15.6. The quantitative estimate of drug-likeness (QED) is 0.688. The van der Waals surface area contributed by atoms with Gasteiger partial charge in [-0.2, -0.15) is 0 Å². The SMILES string of the molecule is CC(=O)Nc1ccccc1-c1nc(CNC(=O)C#Cc2ccccc2)c(C)o1. The van der Waals surface area contributed by atoms with Gasteiger partial charge in [0.1, 0.15) is 11.5 Å². The van der Waals surface area contributed by atoms with Gasteiger partial charge in [0.25, 0.3) is 5.91 Å². The number of oxazole rings is 1. The van der Waals surface area contributed by atoms with Crippen LogP contribution in [0.5, 0.6) is 0 Å². The van der Waals surface area contributed by atoms with Crippen LogP contribution in [-0.4, -0.2) is 16.8 Å². The van der Waals surface area contributed by atoms with Crippen LogP contribution in [0.15, 0.2) is 59.0 Å². The first-order valence-corrected chi connectivity index (χ1v) is 8.71. The number of nitrogens with zero attached hydrogens (tertiary/aromatic N) is 1. The molecule has 0 fully saturated rings. The van der Waals surface area contributed by atoms with Crippen LogP contribution in [0.4, 0.5) is 5.69 Å². The summed E-state index contributed by atoms with van der Waals surface area (Å²) in [7, 11) is 0. The van der Waals surface area contributed by atoms with Crippen molar-refractivity contribution in [2.24, 2.45) is 0 Å². The number of rotatable bonds is 4. The Kier molecular flexibility index (Phi) is 5.87. The number of hydrogen-bond donors (Lipinski definition) is 2. The lowest BCUT2D eigenvalue weighted by Crippen LogP contribution is -2.21. The van der Waals surface area contributed by atoms with Crippen molar-refractivity contribution >= 4 is 17.5 Å². The molecule has 0 saturated carbocycles. The van der Waals surface area contributed by atoms with E-state index in [1.807, 2.05) is 48.5 Å². The average molecular weight is 373 g/mol. The predicted molar refractivity (Wildman–Crippen MR) is 106 cm³/mol. The topological polar surface area (TPSA) is 84.2 Å². The molecule has 3 aromatic rings. The Morgan fingerprint density at radius 2 is 1.79 bits per heavy atom. The fourth-order valence-electron chi connectivity index (χ4n) is 2.53.